The van der Waals surface area contributed by atoms with Gasteiger partial charge in [0.1, 0.15) is 4.75 Å². The Morgan fingerprint density at radius 2 is 2.15 bits per heavy atom. The largest absolute Gasteiger partial charge is 0.355 e. The Kier molecular flexibility index (Phi) is 4.69. The van der Waals surface area contributed by atoms with Gasteiger partial charge in [0, 0.05) is 6.54 Å². The molecule has 0 spiro atoms. The molecule has 6 heteroatoms. The first-order chi connectivity index (χ1) is 9.29. The van der Waals surface area contributed by atoms with E-state index in [4.69, 9.17) is 5.26 Å². The van der Waals surface area contributed by atoms with Crippen molar-refractivity contribution in [2.75, 3.05) is 6.54 Å². The van der Waals surface area contributed by atoms with Gasteiger partial charge in [-0.05, 0) is 56.3 Å². The third kappa shape index (κ3) is 2.98. The summed E-state index contributed by atoms with van der Waals surface area (Å²) in [5.41, 5.74) is 0.436. The molecule has 20 heavy (non-hydrogen) atoms. The van der Waals surface area contributed by atoms with Gasteiger partial charge in [-0.1, -0.05) is 18.9 Å². The van der Waals surface area contributed by atoms with E-state index >= 15 is 0 Å². The molecule has 3 fully saturated rings. The molecule has 0 aromatic carbocycles. The zero-order chi connectivity index (χ0) is 15.0. The average Bonchev–Trinajstić information content (AvgIpc) is 2.42. The lowest BCUT2D eigenvalue weighted by Crippen LogP contribution is -2.55. The molecule has 3 aliphatic rings. The lowest BCUT2D eigenvalue weighted by atomic mass is 9.45. The fourth-order valence-corrected chi connectivity index (χ4v) is 4.13. The van der Waals surface area contributed by atoms with E-state index in [-0.39, 0.29) is 5.91 Å². The van der Waals surface area contributed by atoms with Gasteiger partial charge in [0.2, 0.25) is 5.91 Å². The van der Waals surface area contributed by atoms with E-state index in [0.29, 0.717) is 11.3 Å². The van der Waals surface area contributed by atoms with Crippen LogP contribution in [0.4, 0.5) is 0 Å². The summed E-state index contributed by atoms with van der Waals surface area (Å²) in [6, 6.07) is 0. The molecule has 0 heterocycles. The summed E-state index contributed by atoms with van der Waals surface area (Å²) in [7, 11) is 0. The Hall–Kier alpha value is -0.300. The highest BCUT2D eigenvalue weighted by atomic mass is 32.2. The summed E-state index contributed by atoms with van der Waals surface area (Å²) >= 11 is 0.800. The first kappa shape index (κ1) is 16.1. The van der Waals surface area contributed by atoms with Crippen LogP contribution in [0.5, 0.6) is 0 Å². The number of hydrogen-bond donors (Lipinski definition) is 2. The maximum atomic E-state index is 12.1. The number of hydrogen-bond acceptors (Lipinski definition) is 5. The SMILES string of the molecule is CC(C)(SOOO)C(=O)NCC1CCC2CC1C2(C)C. The molecule has 3 unspecified atom stereocenters. The van der Waals surface area contributed by atoms with Gasteiger partial charge in [-0.25, -0.2) is 5.26 Å². The maximum Gasteiger partial charge on any atom is 0.238 e. The molecular weight excluding hydrogens is 278 g/mol. The maximum absolute atomic E-state index is 12.1. The van der Waals surface area contributed by atoms with Gasteiger partial charge in [-0.3, -0.25) is 4.79 Å². The van der Waals surface area contributed by atoms with Gasteiger partial charge in [0.05, 0.1) is 12.0 Å². The summed E-state index contributed by atoms with van der Waals surface area (Å²) in [6.45, 7) is 8.90. The van der Waals surface area contributed by atoms with Crippen molar-refractivity contribution in [2.45, 2.75) is 51.7 Å². The minimum absolute atomic E-state index is 0.0983. The van der Waals surface area contributed by atoms with Gasteiger partial charge in [-0.15, -0.1) is 4.33 Å². The molecule has 2 N–H and O–H groups in total. The molecule has 3 aliphatic carbocycles. The van der Waals surface area contributed by atoms with Crippen LogP contribution in [0.15, 0.2) is 0 Å². The van der Waals surface area contributed by atoms with Crippen molar-refractivity contribution >= 4 is 17.9 Å². The molecule has 0 aromatic heterocycles. The number of amides is 1. The highest BCUT2D eigenvalue weighted by molar-refractivity contribution is 7.96. The second-order valence-corrected chi connectivity index (χ2v) is 8.47. The molecule has 116 valence electrons. The minimum atomic E-state index is -0.797. The highest BCUT2D eigenvalue weighted by Crippen LogP contribution is 2.61. The topological polar surface area (TPSA) is 67.8 Å². The Morgan fingerprint density at radius 1 is 1.45 bits per heavy atom. The van der Waals surface area contributed by atoms with Crippen molar-refractivity contribution in [3.05, 3.63) is 0 Å². The summed E-state index contributed by atoms with van der Waals surface area (Å²) < 4.78 is 3.59. The fourth-order valence-electron chi connectivity index (χ4n) is 3.78. The van der Waals surface area contributed by atoms with Gasteiger partial charge in [0.25, 0.3) is 0 Å². The smallest absolute Gasteiger partial charge is 0.238 e. The summed E-state index contributed by atoms with van der Waals surface area (Å²) in [5, 5.41) is 14.7. The second-order valence-electron chi connectivity index (χ2n) is 7.14. The van der Waals surface area contributed by atoms with Crippen molar-refractivity contribution in [2.24, 2.45) is 23.2 Å². The summed E-state index contributed by atoms with van der Waals surface area (Å²) in [6.07, 6.45) is 3.81. The third-order valence-corrected chi connectivity index (χ3v) is 6.08. The standard InChI is InChI=1S/C14H25NO4S/c1-13(2)10-6-5-9(11(13)7-10)8-15-12(16)14(3,4)20-19-18-17/h9-11,17H,5-8H2,1-4H3,(H,15,16). The third-order valence-electron chi connectivity index (χ3n) is 5.35. The number of rotatable bonds is 6. The summed E-state index contributed by atoms with van der Waals surface area (Å²) in [4.78, 5) is 12.1. The molecule has 3 saturated carbocycles. The van der Waals surface area contributed by atoms with Gasteiger partial charge in [-0.2, -0.15) is 0 Å². The number of nitrogens with one attached hydrogen (secondary N) is 1. The molecule has 0 saturated heterocycles. The van der Waals surface area contributed by atoms with E-state index < -0.39 is 4.75 Å². The van der Waals surface area contributed by atoms with E-state index in [1.807, 2.05) is 0 Å². The molecule has 3 rings (SSSR count). The van der Waals surface area contributed by atoms with E-state index in [2.05, 4.69) is 28.5 Å². The Morgan fingerprint density at radius 3 is 2.70 bits per heavy atom. The highest BCUT2D eigenvalue weighted by Gasteiger charge is 2.54. The predicted octanol–water partition coefficient (Wildman–Crippen LogP) is 3.02. The number of carbonyl (C=O) groups is 1. The first-order valence-electron chi connectivity index (χ1n) is 7.23. The van der Waals surface area contributed by atoms with Crippen LogP contribution in [0.1, 0.15) is 47.0 Å². The van der Waals surface area contributed by atoms with Crippen LogP contribution >= 0.6 is 12.0 Å². The van der Waals surface area contributed by atoms with E-state index in [1.165, 1.54) is 19.3 Å². The molecule has 0 radical (unpaired) electrons. The molecule has 2 bridgehead atoms. The van der Waals surface area contributed by atoms with Gasteiger partial charge < -0.3 is 5.32 Å². The Bertz CT molecular complexity index is 370. The van der Waals surface area contributed by atoms with Gasteiger partial charge >= 0.3 is 0 Å². The lowest BCUT2D eigenvalue weighted by Gasteiger charge is -2.60. The Balaban J connectivity index is 1.82. The predicted molar refractivity (Wildman–Crippen MR) is 77.6 cm³/mol. The zero-order valence-corrected chi connectivity index (χ0v) is 13.5. The molecule has 1 amide bonds. The van der Waals surface area contributed by atoms with Crippen molar-refractivity contribution in [3.8, 4) is 0 Å². The van der Waals surface area contributed by atoms with Crippen molar-refractivity contribution in [3.63, 3.8) is 0 Å². The molecule has 0 aliphatic heterocycles. The number of carbonyl (C=O) groups excluding carboxylic acids is 1. The zero-order valence-electron chi connectivity index (χ0n) is 12.6. The minimum Gasteiger partial charge on any atom is -0.355 e. The second kappa shape index (κ2) is 5.83. The molecule has 3 atom stereocenters. The van der Waals surface area contributed by atoms with Crippen molar-refractivity contribution in [1.82, 2.24) is 5.32 Å². The van der Waals surface area contributed by atoms with Crippen LogP contribution in [0, 0.1) is 23.2 Å². The van der Waals surface area contributed by atoms with Crippen LogP contribution in [0.25, 0.3) is 0 Å². The molecule has 0 aromatic rings. The van der Waals surface area contributed by atoms with E-state index in [1.54, 1.807) is 13.8 Å². The van der Waals surface area contributed by atoms with Gasteiger partial charge in [0.15, 0.2) is 0 Å². The monoisotopic (exact) mass is 303 g/mol. The van der Waals surface area contributed by atoms with E-state index in [0.717, 1.165) is 30.4 Å². The molecule has 5 nitrogen and oxygen atoms in total. The lowest BCUT2D eigenvalue weighted by molar-refractivity contribution is -0.432. The number of fused-ring (bicyclic) bond motifs is 2. The quantitative estimate of drug-likeness (QED) is 0.448. The van der Waals surface area contributed by atoms with Crippen LogP contribution in [-0.2, 0) is 14.2 Å². The normalized spacial score (nSPS) is 31.6. The average molecular weight is 303 g/mol. The van der Waals surface area contributed by atoms with Crippen LogP contribution < -0.4 is 5.32 Å². The van der Waals surface area contributed by atoms with Crippen LogP contribution in [0.3, 0.4) is 0 Å². The van der Waals surface area contributed by atoms with Crippen LogP contribution in [0.2, 0.25) is 0 Å². The van der Waals surface area contributed by atoms with Crippen LogP contribution in [-0.4, -0.2) is 22.5 Å². The fraction of sp³-hybridized carbons (Fsp3) is 0.929. The summed E-state index contributed by atoms with van der Waals surface area (Å²) in [5.74, 6) is 2.09. The van der Waals surface area contributed by atoms with Crippen molar-refractivity contribution < 1.29 is 19.4 Å². The molecular formula is C14H25NO4S. The van der Waals surface area contributed by atoms with E-state index in [9.17, 15) is 4.79 Å². The first-order valence-corrected chi connectivity index (χ1v) is 7.97. The Labute approximate surface area is 124 Å². The van der Waals surface area contributed by atoms with Crippen molar-refractivity contribution in [1.29, 1.82) is 0 Å².